The van der Waals surface area contributed by atoms with Crippen LogP contribution < -0.4 is 0 Å². The molecule has 0 radical (unpaired) electrons. The van der Waals surface area contributed by atoms with E-state index in [2.05, 4.69) is 15.0 Å². The van der Waals surface area contributed by atoms with Gasteiger partial charge in [0.2, 0.25) is 27.6 Å². The zero-order chi connectivity index (χ0) is 25.1. The van der Waals surface area contributed by atoms with Crippen molar-refractivity contribution >= 4 is 27.5 Å². The number of aromatic nitrogens is 2. The van der Waals surface area contributed by atoms with Gasteiger partial charge in [-0.25, -0.2) is 8.42 Å². The Hall–Kier alpha value is -2.79. The molecule has 0 unspecified atom stereocenters. The lowest BCUT2D eigenvalue weighted by atomic mass is 9.95. The highest BCUT2D eigenvalue weighted by atomic mass is 35.5. The van der Waals surface area contributed by atoms with Gasteiger partial charge in [-0.1, -0.05) is 47.1 Å². The Labute approximate surface area is 215 Å². The lowest BCUT2D eigenvalue weighted by molar-refractivity contribution is -0.138. The van der Waals surface area contributed by atoms with Crippen LogP contribution in [0.1, 0.15) is 18.7 Å². The average Bonchev–Trinajstić information content (AvgIpc) is 3.38. The molecule has 0 aliphatic carbocycles. The zero-order valence-corrected chi connectivity index (χ0v) is 21.4. The number of carbonyl (C=O) groups is 1. The van der Waals surface area contributed by atoms with Gasteiger partial charge in [-0.05, 0) is 50.2 Å². The van der Waals surface area contributed by atoms with E-state index in [-0.39, 0.29) is 16.7 Å². The summed E-state index contributed by atoms with van der Waals surface area (Å²) in [6, 6.07) is 15.8. The number of likely N-dealkylation sites (tertiary alicyclic amines) is 1. The van der Waals surface area contributed by atoms with Crippen molar-refractivity contribution in [2.24, 2.45) is 5.92 Å². The van der Waals surface area contributed by atoms with E-state index in [1.807, 2.05) is 17.0 Å². The van der Waals surface area contributed by atoms with Gasteiger partial charge in [0, 0.05) is 42.7 Å². The highest BCUT2D eigenvalue weighted by molar-refractivity contribution is 7.89. The number of nitrogens with zero attached hydrogens (tertiary/aromatic N) is 5. The normalized spacial score (nSPS) is 18.4. The first-order chi connectivity index (χ1) is 17.4. The van der Waals surface area contributed by atoms with Gasteiger partial charge in [0.25, 0.3) is 0 Å². The number of halogens is 1. The monoisotopic (exact) mass is 529 g/mol. The van der Waals surface area contributed by atoms with Crippen molar-refractivity contribution in [1.82, 2.24) is 24.2 Å². The van der Waals surface area contributed by atoms with Gasteiger partial charge in [-0.3, -0.25) is 9.69 Å². The Balaban J connectivity index is 1.10. The number of carbonyl (C=O) groups excluding carboxylic acids is 1. The average molecular weight is 530 g/mol. The molecule has 3 aromatic rings. The number of sulfonamides is 1. The first-order valence-electron chi connectivity index (χ1n) is 12.0. The predicted molar refractivity (Wildman–Crippen MR) is 135 cm³/mol. The van der Waals surface area contributed by atoms with Crippen molar-refractivity contribution < 1.29 is 17.7 Å². The minimum Gasteiger partial charge on any atom is -0.340 e. The molecule has 5 rings (SSSR count). The molecule has 2 aliphatic rings. The first-order valence-corrected chi connectivity index (χ1v) is 13.9. The quantitative estimate of drug-likeness (QED) is 0.483. The largest absolute Gasteiger partial charge is 0.340 e. The summed E-state index contributed by atoms with van der Waals surface area (Å²) in [6.45, 7) is 3.51. The van der Waals surface area contributed by atoms with Gasteiger partial charge in [-0.15, -0.1) is 0 Å². The number of piperazine rings is 1. The van der Waals surface area contributed by atoms with Gasteiger partial charge >= 0.3 is 0 Å². The summed E-state index contributed by atoms with van der Waals surface area (Å²) in [7, 11) is -3.53. The summed E-state index contributed by atoms with van der Waals surface area (Å²) in [5.74, 6) is 1.10. The maximum atomic E-state index is 13.1. The SMILES string of the molecule is O=C(C1CCN(Cc2nc(-c3cccc(Cl)c3)no2)CC1)N1CCN(S(=O)(=O)c2ccccc2)CC1. The summed E-state index contributed by atoms with van der Waals surface area (Å²) >= 11 is 6.05. The molecule has 2 saturated heterocycles. The van der Waals surface area contributed by atoms with Crippen LogP contribution in [0.4, 0.5) is 0 Å². The van der Waals surface area contributed by atoms with E-state index < -0.39 is 10.0 Å². The second-order valence-corrected chi connectivity index (χ2v) is 11.5. The Morgan fingerprint density at radius 2 is 1.69 bits per heavy atom. The van der Waals surface area contributed by atoms with Crippen LogP contribution in [0, 0.1) is 5.92 Å². The topological polar surface area (TPSA) is 99.8 Å². The third kappa shape index (κ3) is 5.46. The van der Waals surface area contributed by atoms with Gasteiger partial charge in [0.05, 0.1) is 11.4 Å². The Morgan fingerprint density at radius 1 is 0.972 bits per heavy atom. The van der Waals surface area contributed by atoms with Crippen LogP contribution in [0.15, 0.2) is 64.0 Å². The fourth-order valence-corrected chi connectivity index (χ4v) is 6.38. The number of piperidine rings is 1. The molecule has 9 nitrogen and oxygen atoms in total. The van der Waals surface area contributed by atoms with E-state index in [0.717, 1.165) is 31.5 Å². The molecule has 1 amide bonds. The molecule has 11 heteroatoms. The van der Waals surface area contributed by atoms with E-state index in [9.17, 15) is 13.2 Å². The minimum atomic E-state index is -3.53. The summed E-state index contributed by atoms with van der Waals surface area (Å²) in [5.41, 5.74) is 0.804. The number of hydrogen-bond acceptors (Lipinski definition) is 7. The third-order valence-electron chi connectivity index (χ3n) is 6.78. The van der Waals surface area contributed by atoms with Crippen LogP contribution in [0.3, 0.4) is 0 Å². The standard InChI is InChI=1S/C25H28ClN5O4S/c26-21-6-4-5-20(17-21)24-27-23(35-28-24)18-29-11-9-19(10-12-29)25(32)30-13-15-31(16-14-30)36(33,34)22-7-2-1-3-8-22/h1-8,17,19H,9-16,18H2. The van der Waals surface area contributed by atoms with Crippen molar-refractivity contribution in [3.8, 4) is 11.4 Å². The zero-order valence-electron chi connectivity index (χ0n) is 19.8. The van der Waals surface area contributed by atoms with E-state index >= 15 is 0 Å². The summed E-state index contributed by atoms with van der Waals surface area (Å²) in [4.78, 5) is 21.9. The highest BCUT2D eigenvalue weighted by Gasteiger charge is 2.34. The molecule has 2 aliphatic heterocycles. The smallest absolute Gasteiger partial charge is 0.243 e. The van der Waals surface area contributed by atoms with Crippen molar-refractivity contribution in [3.05, 3.63) is 65.5 Å². The van der Waals surface area contributed by atoms with Crippen LogP contribution in [-0.4, -0.2) is 77.8 Å². The van der Waals surface area contributed by atoms with Gasteiger partial charge in [0.15, 0.2) is 0 Å². The van der Waals surface area contributed by atoms with E-state index in [4.69, 9.17) is 16.1 Å². The number of rotatable bonds is 6. The molecule has 190 valence electrons. The number of amides is 1. The van der Waals surface area contributed by atoms with Gasteiger partial charge in [-0.2, -0.15) is 9.29 Å². The third-order valence-corrected chi connectivity index (χ3v) is 8.93. The summed E-state index contributed by atoms with van der Waals surface area (Å²) < 4.78 is 32.6. The van der Waals surface area contributed by atoms with Crippen LogP contribution in [-0.2, 0) is 21.4 Å². The fraction of sp³-hybridized carbons (Fsp3) is 0.400. The van der Waals surface area contributed by atoms with Gasteiger partial charge < -0.3 is 9.42 Å². The second-order valence-electron chi connectivity index (χ2n) is 9.11. The molecule has 36 heavy (non-hydrogen) atoms. The van der Waals surface area contributed by atoms with Crippen LogP contribution in [0.5, 0.6) is 0 Å². The molecule has 2 aromatic carbocycles. The molecule has 0 N–H and O–H groups in total. The Morgan fingerprint density at radius 3 is 2.39 bits per heavy atom. The predicted octanol–water partition coefficient (Wildman–Crippen LogP) is 3.14. The first kappa shape index (κ1) is 24.9. The van der Waals surface area contributed by atoms with E-state index in [1.165, 1.54) is 4.31 Å². The molecule has 0 bridgehead atoms. The second kappa shape index (κ2) is 10.7. The van der Waals surface area contributed by atoms with E-state index in [0.29, 0.717) is 49.5 Å². The van der Waals surface area contributed by atoms with Crippen molar-refractivity contribution in [2.45, 2.75) is 24.3 Å². The number of benzene rings is 2. The molecule has 2 fully saturated rings. The summed E-state index contributed by atoms with van der Waals surface area (Å²) in [6.07, 6.45) is 1.49. The van der Waals surface area contributed by atoms with Crippen LogP contribution >= 0.6 is 11.6 Å². The molecule has 3 heterocycles. The maximum absolute atomic E-state index is 13.1. The Bertz CT molecular complexity index is 1300. The minimum absolute atomic E-state index is 0.0526. The molecular weight excluding hydrogens is 502 g/mol. The molecule has 0 spiro atoms. The highest BCUT2D eigenvalue weighted by Crippen LogP contribution is 2.24. The molecule has 0 saturated carbocycles. The van der Waals surface area contributed by atoms with Crippen LogP contribution in [0.25, 0.3) is 11.4 Å². The van der Waals surface area contributed by atoms with Crippen molar-refractivity contribution in [3.63, 3.8) is 0 Å². The lowest BCUT2D eigenvalue weighted by Gasteiger charge is -2.38. The molecule has 1 aromatic heterocycles. The number of hydrogen-bond donors (Lipinski definition) is 0. The van der Waals surface area contributed by atoms with Gasteiger partial charge in [0.1, 0.15) is 0 Å². The van der Waals surface area contributed by atoms with Crippen molar-refractivity contribution in [2.75, 3.05) is 39.3 Å². The van der Waals surface area contributed by atoms with E-state index in [1.54, 1.807) is 42.5 Å². The van der Waals surface area contributed by atoms with Crippen molar-refractivity contribution in [1.29, 1.82) is 0 Å². The lowest BCUT2D eigenvalue weighted by Crippen LogP contribution is -2.52. The fourth-order valence-electron chi connectivity index (χ4n) is 4.74. The van der Waals surface area contributed by atoms with Crippen LogP contribution in [0.2, 0.25) is 5.02 Å². The molecule has 0 atom stereocenters. The Kier molecular flexibility index (Phi) is 7.38. The molecular formula is C25H28ClN5O4S. The summed E-state index contributed by atoms with van der Waals surface area (Å²) in [5, 5.41) is 4.68. The maximum Gasteiger partial charge on any atom is 0.243 e.